The largest absolute Gasteiger partial charge is 0.496 e. The van der Waals surface area contributed by atoms with Crippen molar-refractivity contribution >= 4 is 11.3 Å². The number of halogens is 1. The highest BCUT2D eigenvalue weighted by Crippen LogP contribution is 2.32. The van der Waals surface area contributed by atoms with Crippen molar-refractivity contribution in [3.05, 3.63) is 34.4 Å². The van der Waals surface area contributed by atoms with Gasteiger partial charge in [-0.05, 0) is 18.7 Å². The first-order chi connectivity index (χ1) is 8.76. The van der Waals surface area contributed by atoms with Gasteiger partial charge < -0.3 is 10.1 Å². The number of ether oxygens (including phenoxy) is 1. The average molecular weight is 266 g/mol. The van der Waals surface area contributed by atoms with E-state index in [1.807, 2.05) is 12.3 Å². The smallest absolute Gasteiger partial charge is 0.136 e. The molecule has 0 spiro atoms. The minimum absolute atomic E-state index is 0.311. The second-order valence-corrected chi connectivity index (χ2v) is 4.67. The van der Waals surface area contributed by atoms with Gasteiger partial charge in [0.05, 0.1) is 18.4 Å². The predicted octanol–water partition coefficient (Wildman–Crippen LogP) is 3.07. The fourth-order valence-corrected chi connectivity index (χ4v) is 2.42. The molecule has 0 saturated heterocycles. The van der Waals surface area contributed by atoms with Crippen molar-refractivity contribution in [2.45, 2.75) is 13.5 Å². The Kier molecular flexibility index (Phi) is 4.28. The highest BCUT2D eigenvalue weighted by molar-refractivity contribution is 7.09. The Morgan fingerprint density at radius 3 is 3.00 bits per heavy atom. The molecule has 0 fully saturated rings. The minimum atomic E-state index is -0.311. The lowest BCUT2D eigenvalue weighted by Crippen LogP contribution is -2.11. The van der Waals surface area contributed by atoms with Crippen LogP contribution in [0.4, 0.5) is 4.39 Å². The molecular weight excluding hydrogens is 251 g/mol. The molecule has 0 unspecified atom stereocenters. The van der Waals surface area contributed by atoms with Crippen LogP contribution < -0.4 is 10.1 Å². The summed E-state index contributed by atoms with van der Waals surface area (Å²) < 4.78 is 19.0. The van der Waals surface area contributed by atoms with E-state index >= 15 is 0 Å². The Morgan fingerprint density at radius 1 is 1.44 bits per heavy atom. The van der Waals surface area contributed by atoms with Crippen LogP contribution in [0.1, 0.15) is 11.9 Å². The Balaban J connectivity index is 2.33. The summed E-state index contributed by atoms with van der Waals surface area (Å²) in [6.45, 7) is 3.63. The highest BCUT2D eigenvalue weighted by Gasteiger charge is 2.14. The van der Waals surface area contributed by atoms with Crippen LogP contribution in [0.25, 0.3) is 11.3 Å². The van der Waals surface area contributed by atoms with Crippen molar-refractivity contribution < 1.29 is 9.13 Å². The molecular formula is C13H15FN2OS. The number of thiazole rings is 1. The number of nitrogens with one attached hydrogen (secondary N) is 1. The van der Waals surface area contributed by atoms with Crippen molar-refractivity contribution in [1.29, 1.82) is 0 Å². The van der Waals surface area contributed by atoms with E-state index in [1.165, 1.54) is 24.5 Å². The van der Waals surface area contributed by atoms with Gasteiger partial charge in [0, 0.05) is 11.9 Å². The molecule has 5 heteroatoms. The van der Waals surface area contributed by atoms with Crippen LogP contribution in [0, 0.1) is 5.82 Å². The van der Waals surface area contributed by atoms with Gasteiger partial charge in [-0.25, -0.2) is 9.37 Å². The van der Waals surface area contributed by atoms with E-state index in [0.717, 1.165) is 11.6 Å². The Labute approximate surface area is 110 Å². The van der Waals surface area contributed by atoms with Gasteiger partial charge in [-0.15, -0.1) is 11.3 Å². The lowest BCUT2D eigenvalue weighted by Gasteiger charge is -2.06. The number of methoxy groups -OCH3 is 1. The zero-order valence-electron chi connectivity index (χ0n) is 10.4. The molecule has 96 valence electrons. The van der Waals surface area contributed by atoms with Gasteiger partial charge in [-0.2, -0.15) is 0 Å². The molecule has 0 radical (unpaired) electrons. The maximum atomic E-state index is 13.9. The summed E-state index contributed by atoms with van der Waals surface area (Å²) in [5.41, 5.74) is 1.06. The first-order valence-corrected chi connectivity index (χ1v) is 6.62. The van der Waals surface area contributed by atoms with Crippen molar-refractivity contribution in [1.82, 2.24) is 10.3 Å². The standard InChI is InChI=1S/C13H15FN2OS/c1-3-15-7-12-16-10(8-18-12)13-9(14)5-4-6-11(13)17-2/h4-6,8,15H,3,7H2,1-2H3. The van der Waals surface area contributed by atoms with Crippen LogP contribution in [-0.2, 0) is 6.54 Å². The first-order valence-electron chi connectivity index (χ1n) is 5.74. The quantitative estimate of drug-likeness (QED) is 0.903. The minimum Gasteiger partial charge on any atom is -0.496 e. The number of aromatic nitrogens is 1. The van der Waals surface area contributed by atoms with Gasteiger partial charge in [-0.3, -0.25) is 0 Å². The maximum Gasteiger partial charge on any atom is 0.136 e. The third-order valence-electron chi connectivity index (χ3n) is 2.53. The SMILES string of the molecule is CCNCc1nc(-c2c(F)cccc2OC)cs1. The molecule has 0 aliphatic carbocycles. The molecule has 1 heterocycles. The number of rotatable bonds is 5. The van der Waals surface area contributed by atoms with Gasteiger partial charge in [0.25, 0.3) is 0 Å². The molecule has 1 aromatic heterocycles. The van der Waals surface area contributed by atoms with E-state index in [9.17, 15) is 4.39 Å². The second kappa shape index (κ2) is 5.93. The zero-order chi connectivity index (χ0) is 13.0. The van der Waals surface area contributed by atoms with Crippen molar-refractivity contribution in [2.75, 3.05) is 13.7 Å². The van der Waals surface area contributed by atoms with Crippen LogP contribution in [0.15, 0.2) is 23.6 Å². The molecule has 2 rings (SSSR count). The summed E-state index contributed by atoms with van der Waals surface area (Å²) in [6, 6.07) is 4.78. The number of hydrogen-bond donors (Lipinski definition) is 1. The summed E-state index contributed by atoms with van der Waals surface area (Å²) >= 11 is 1.52. The number of hydrogen-bond acceptors (Lipinski definition) is 4. The third kappa shape index (κ3) is 2.68. The summed E-state index contributed by atoms with van der Waals surface area (Å²) in [4.78, 5) is 4.42. The van der Waals surface area contributed by atoms with E-state index in [1.54, 1.807) is 12.1 Å². The molecule has 0 aliphatic rings. The molecule has 18 heavy (non-hydrogen) atoms. The van der Waals surface area contributed by atoms with E-state index in [2.05, 4.69) is 10.3 Å². The predicted molar refractivity (Wildman–Crippen MR) is 71.4 cm³/mol. The van der Waals surface area contributed by atoms with Crippen molar-refractivity contribution in [3.8, 4) is 17.0 Å². The molecule has 0 aliphatic heterocycles. The third-order valence-corrected chi connectivity index (χ3v) is 3.38. The number of benzene rings is 1. The van der Waals surface area contributed by atoms with E-state index < -0.39 is 0 Å². The van der Waals surface area contributed by atoms with E-state index in [-0.39, 0.29) is 5.82 Å². The maximum absolute atomic E-state index is 13.9. The molecule has 0 saturated carbocycles. The van der Waals surface area contributed by atoms with Crippen molar-refractivity contribution in [2.24, 2.45) is 0 Å². The van der Waals surface area contributed by atoms with E-state index in [0.29, 0.717) is 23.6 Å². The van der Waals surface area contributed by atoms with Crippen LogP contribution in [-0.4, -0.2) is 18.6 Å². The van der Waals surface area contributed by atoms with Gasteiger partial charge in [-0.1, -0.05) is 13.0 Å². The molecule has 2 aromatic rings. The Bertz CT molecular complexity index is 527. The average Bonchev–Trinajstić information content (AvgIpc) is 2.84. The van der Waals surface area contributed by atoms with Crippen LogP contribution in [0.3, 0.4) is 0 Å². The van der Waals surface area contributed by atoms with Crippen LogP contribution in [0.5, 0.6) is 5.75 Å². The second-order valence-electron chi connectivity index (χ2n) is 3.72. The van der Waals surface area contributed by atoms with Gasteiger partial charge in [0.1, 0.15) is 16.6 Å². The van der Waals surface area contributed by atoms with Crippen molar-refractivity contribution in [3.63, 3.8) is 0 Å². The topological polar surface area (TPSA) is 34.2 Å². The zero-order valence-corrected chi connectivity index (χ0v) is 11.2. The molecule has 0 bridgehead atoms. The van der Waals surface area contributed by atoms with Crippen LogP contribution >= 0.6 is 11.3 Å². The summed E-state index contributed by atoms with van der Waals surface area (Å²) in [7, 11) is 1.53. The number of nitrogens with zero attached hydrogens (tertiary/aromatic N) is 1. The van der Waals surface area contributed by atoms with Crippen LogP contribution in [0.2, 0.25) is 0 Å². The lowest BCUT2D eigenvalue weighted by atomic mass is 10.1. The summed E-state index contributed by atoms with van der Waals surface area (Å²) in [5, 5.41) is 5.99. The lowest BCUT2D eigenvalue weighted by molar-refractivity contribution is 0.413. The molecule has 1 N–H and O–H groups in total. The first kappa shape index (κ1) is 13.0. The van der Waals surface area contributed by atoms with Gasteiger partial charge in [0.15, 0.2) is 0 Å². The normalized spacial score (nSPS) is 10.6. The Hall–Kier alpha value is -1.46. The fourth-order valence-electron chi connectivity index (χ4n) is 1.66. The highest BCUT2D eigenvalue weighted by atomic mass is 32.1. The summed E-state index contributed by atoms with van der Waals surface area (Å²) in [5.74, 6) is 0.199. The van der Waals surface area contributed by atoms with Gasteiger partial charge >= 0.3 is 0 Å². The fraction of sp³-hybridized carbons (Fsp3) is 0.308. The molecule has 0 amide bonds. The molecule has 3 nitrogen and oxygen atoms in total. The Morgan fingerprint density at radius 2 is 2.28 bits per heavy atom. The summed E-state index contributed by atoms with van der Waals surface area (Å²) in [6.07, 6.45) is 0. The molecule has 1 aromatic carbocycles. The monoisotopic (exact) mass is 266 g/mol. The molecule has 0 atom stereocenters. The van der Waals surface area contributed by atoms with Gasteiger partial charge in [0.2, 0.25) is 0 Å². The van der Waals surface area contributed by atoms with E-state index in [4.69, 9.17) is 4.74 Å².